The smallest absolute Gasteiger partial charge is 0.416 e. The molecule has 0 aliphatic carbocycles. The number of hydrogen-bond acceptors (Lipinski definition) is 7. The van der Waals surface area contributed by atoms with Gasteiger partial charge in [-0.15, -0.1) is 17.9 Å². The zero-order chi connectivity index (χ0) is 30.8. The van der Waals surface area contributed by atoms with Gasteiger partial charge in [0.15, 0.2) is 5.13 Å². The Hall–Kier alpha value is -4.42. The lowest BCUT2D eigenvalue weighted by Gasteiger charge is -2.23. The van der Waals surface area contributed by atoms with Crippen LogP contribution in [0.1, 0.15) is 16.7 Å². The molecule has 0 aliphatic rings. The lowest BCUT2D eigenvalue weighted by molar-refractivity contribution is -0.137. The fourth-order valence-corrected chi connectivity index (χ4v) is 7.02. The van der Waals surface area contributed by atoms with Crippen molar-refractivity contribution in [3.05, 3.63) is 108 Å². The van der Waals surface area contributed by atoms with Crippen LogP contribution >= 0.6 is 11.3 Å². The number of alkyl halides is 3. The minimum Gasteiger partial charge on any atom is -0.497 e. The fourth-order valence-electron chi connectivity index (χ4n) is 4.72. The van der Waals surface area contributed by atoms with E-state index in [-0.39, 0.29) is 23.0 Å². The van der Waals surface area contributed by atoms with E-state index in [9.17, 15) is 21.6 Å². The molecule has 0 saturated carbocycles. The number of hydrogen-bond donors (Lipinski definition) is 0. The van der Waals surface area contributed by atoms with Crippen molar-refractivity contribution in [1.82, 2.24) is 9.97 Å². The summed E-state index contributed by atoms with van der Waals surface area (Å²) in [4.78, 5) is 8.74. The summed E-state index contributed by atoms with van der Waals surface area (Å²) in [6.45, 7) is 3.62. The summed E-state index contributed by atoms with van der Waals surface area (Å²) < 4.78 is 80.5. The van der Waals surface area contributed by atoms with Gasteiger partial charge in [-0.1, -0.05) is 18.2 Å². The van der Waals surface area contributed by atoms with Gasteiger partial charge in [0, 0.05) is 40.4 Å². The second-order valence-corrected chi connectivity index (χ2v) is 12.1. The van der Waals surface area contributed by atoms with E-state index in [0.29, 0.717) is 44.7 Å². The minimum atomic E-state index is -4.50. The van der Waals surface area contributed by atoms with Crippen LogP contribution in [0.5, 0.6) is 11.5 Å². The molecule has 2 heterocycles. The van der Waals surface area contributed by atoms with Crippen LogP contribution in [0.15, 0.2) is 96.0 Å². The molecular weight excluding hydrogens is 599 g/mol. The van der Waals surface area contributed by atoms with Gasteiger partial charge in [0.25, 0.3) is 10.0 Å². The normalized spacial score (nSPS) is 11.8. The first-order valence-electron chi connectivity index (χ1n) is 12.9. The zero-order valence-corrected chi connectivity index (χ0v) is 24.8. The first kappa shape index (κ1) is 30.1. The Labute approximate surface area is 250 Å². The van der Waals surface area contributed by atoms with Crippen LogP contribution < -0.4 is 13.8 Å². The highest BCUT2D eigenvalue weighted by molar-refractivity contribution is 7.93. The summed E-state index contributed by atoms with van der Waals surface area (Å²) >= 11 is 1.18. The average Bonchev–Trinajstić information content (AvgIpc) is 3.53. The summed E-state index contributed by atoms with van der Waals surface area (Å²) in [6, 6.07) is 14.9. The highest BCUT2D eigenvalue weighted by Crippen LogP contribution is 2.37. The van der Waals surface area contributed by atoms with Gasteiger partial charge in [0.2, 0.25) is 0 Å². The SMILES string of the molecule is C=CCc1cc(C(F)(F)F)ccc1-c1nccc2cc(S(=O)(=O)N(Cc3ccc(OC)cc3OC)c3nccs3)ccc12. The van der Waals surface area contributed by atoms with Gasteiger partial charge in [-0.05, 0) is 59.8 Å². The monoisotopic (exact) mass is 625 g/mol. The molecular formula is C31H26F3N3O4S2. The van der Waals surface area contributed by atoms with E-state index in [1.807, 2.05) is 0 Å². The third-order valence-corrected chi connectivity index (χ3v) is 9.46. The number of ether oxygens (including phenoxy) is 2. The Balaban J connectivity index is 1.59. The summed E-state index contributed by atoms with van der Waals surface area (Å²) in [5, 5.41) is 3.10. The topological polar surface area (TPSA) is 81.6 Å². The maximum absolute atomic E-state index is 14.1. The number of thiazole rings is 1. The van der Waals surface area contributed by atoms with Crippen LogP contribution in [-0.2, 0) is 29.2 Å². The van der Waals surface area contributed by atoms with Gasteiger partial charge >= 0.3 is 6.18 Å². The molecule has 3 aromatic carbocycles. The van der Waals surface area contributed by atoms with Gasteiger partial charge in [-0.25, -0.2) is 17.7 Å². The molecule has 5 aromatic rings. The van der Waals surface area contributed by atoms with Crippen LogP contribution in [0.3, 0.4) is 0 Å². The van der Waals surface area contributed by atoms with Crippen molar-refractivity contribution in [1.29, 1.82) is 0 Å². The predicted octanol–water partition coefficient (Wildman–Crippen LogP) is 7.52. The minimum absolute atomic E-state index is 0.0126. The number of aromatic nitrogens is 2. The first-order valence-corrected chi connectivity index (χ1v) is 15.2. The lowest BCUT2D eigenvalue weighted by atomic mass is 9.95. The Bertz CT molecular complexity index is 1890. The van der Waals surface area contributed by atoms with Crippen LogP contribution in [0.25, 0.3) is 22.0 Å². The summed E-state index contributed by atoms with van der Waals surface area (Å²) in [7, 11) is -1.12. The number of benzene rings is 3. The number of pyridine rings is 1. The number of sulfonamides is 1. The van der Waals surface area contributed by atoms with Gasteiger partial charge in [0.1, 0.15) is 11.5 Å². The molecule has 0 radical (unpaired) electrons. The maximum atomic E-state index is 14.1. The second-order valence-electron chi connectivity index (χ2n) is 9.41. The molecule has 0 unspecified atom stereocenters. The third kappa shape index (κ3) is 6.06. The molecule has 0 bridgehead atoms. The Kier molecular flexibility index (Phi) is 8.43. The summed E-state index contributed by atoms with van der Waals surface area (Å²) in [5.74, 6) is 1.02. The molecule has 0 amide bonds. The Morgan fingerprint density at radius 2 is 1.77 bits per heavy atom. The molecule has 5 rings (SSSR count). The number of anilines is 1. The number of fused-ring (bicyclic) bond motifs is 1. The Morgan fingerprint density at radius 1 is 0.953 bits per heavy atom. The summed E-state index contributed by atoms with van der Waals surface area (Å²) in [5.41, 5.74) is 1.19. The molecule has 0 atom stereocenters. The maximum Gasteiger partial charge on any atom is 0.416 e. The van der Waals surface area contributed by atoms with Crippen LogP contribution in [0.4, 0.5) is 18.3 Å². The molecule has 0 spiro atoms. The van der Waals surface area contributed by atoms with Crippen molar-refractivity contribution in [3.63, 3.8) is 0 Å². The highest BCUT2D eigenvalue weighted by atomic mass is 32.2. The molecule has 0 N–H and O–H groups in total. The summed E-state index contributed by atoms with van der Waals surface area (Å²) in [6.07, 6.45) is 0.255. The molecule has 2 aromatic heterocycles. The van der Waals surface area contributed by atoms with Crippen molar-refractivity contribution >= 4 is 37.3 Å². The number of rotatable bonds is 10. The van der Waals surface area contributed by atoms with E-state index in [1.54, 1.807) is 35.7 Å². The van der Waals surface area contributed by atoms with E-state index in [1.165, 1.54) is 66.5 Å². The second kappa shape index (κ2) is 12.1. The van der Waals surface area contributed by atoms with Crippen molar-refractivity contribution in [3.8, 4) is 22.8 Å². The molecule has 0 fully saturated rings. The standard InChI is InChI=1S/C31H26F3N3O4S2/c1-4-5-20-16-23(31(32,33)34)7-10-26(20)29-27-11-9-25(17-21(27)12-13-35-29)43(38,39)37(30-36-14-15-42-30)19-22-6-8-24(40-2)18-28(22)41-3/h4,6-18H,1,5,19H2,2-3H3. The van der Waals surface area contributed by atoms with Crippen molar-refractivity contribution in [2.24, 2.45) is 0 Å². The molecule has 0 aliphatic heterocycles. The Morgan fingerprint density at radius 3 is 2.44 bits per heavy atom. The molecule has 0 saturated heterocycles. The number of halogens is 3. The van der Waals surface area contributed by atoms with Gasteiger partial charge in [0.05, 0.1) is 36.9 Å². The quantitative estimate of drug-likeness (QED) is 0.149. The number of nitrogens with zero attached hydrogens (tertiary/aromatic N) is 3. The first-order chi connectivity index (χ1) is 20.6. The van der Waals surface area contributed by atoms with Crippen molar-refractivity contribution in [2.45, 2.75) is 24.0 Å². The predicted molar refractivity (Wildman–Crippen MR) is 161 cm³/mol. The van der Waals surface area contributed by atoms with Crippen LogP contribution in [0, 0.1) is 0 Å². The number of methoxy groups -OCH3 is 2. The average molecular weight is 626 g/mol. The molecule has 43 heavy (non-hydrogen) atoms. The van der Waals surface area contributed by atoms with E-state index in [4.69, 9.17) is 9.47 Å². The van der Waals surface area contributed by atoms with E-state index >= 15 is 0 Å². The van der Waals surface area contributed by atoms with E-state index in [0.717, 1.165) is 12.1 Å². The molecule has 7 nitrogen and oxygen atoms in total. The molecule has 222 valence electrons. The third-order valence-electron chi connectivity index (χ3n) is 6.82. The van der Waals surface area contributed by atoms with E-state index in [2.05, 4.69) is 16.5 Å². The van der Waals surface area contributed by atoms with Crippen molar-refractivity contribution in [2.75, 3.05) is 18.5 Å². The zero-order valence-electron chi connectivity index (χ0n) is 23.1. The lowest BCUT2D eigenvalue weighted by Crippen LogP contribution is -2.30. The van der Waals surface area contributed by atoms with Gasteiger partial charge in [-0.3, -0.25) is 4.98 Å². The van der Waals surface area contributed by atoms with Gasteiger partial charge in [-0.2, -0.15) is 13.2 Å². The van der Waals surface area contributed by atoms with E-state index < -0.39 is 21.8 Å². The van der Waals surface area contributed by atoms with Crippen LogP contribution in [-0.4, -0.2) is 32.6 Å². The number of allylic oxidation sites excluding steroid dienone is 1. The fraction of sp³-hybridized carbons (Fsp3) is 0.161. The van der Waals surface area contributed by atoms with Crippen molar-refractivity contribution < 1.29 is 31.1 Å². The molecule has 12 heteroatoms. The largest absolute Gasteiger partial charge is 0.497 e. The van der Waals surface area contributed by atoms with Crippen LogP contribution in [0.2, 0.25) is 0 Å². The highest BCUT2D eigenvalue weighted by Gasteiger charge is 2.32. The van der Waals surface area contributed by atoms with Gasteiger partial charge < -0.3 is 9.47 Å².